The Morgan fingerprint density at radius 1 is 1.15 bits per heavy atom. The monoisotopic (exact) mass is 401 g/mol. The summed E-state index contributed by atoms with van der Waals surface area (Å²) in [5.41, 5.74) is 3.77. The zero-order valence-corrected chi connectivity index (χ0v) is 16.9. The number of thiophene rings is 1. The summed E-state index contributed by atoms with van der Waals surface area (Å²) in [4.78, 5) is 13.1. The Morgan fingerprint density at radius 3 is 2.56 bits per heavy atom. The molecule has 0 atom stereocenters. The van der Waals surface area contributed by atoms with Crippen LogP contribution in [-0.4, -0.2) is 13.0 Å². The van der Waals surface area contributed by atoms with Crippen LogP contribution in [0.2, 0.25) is 5.02 Å². The molecule has 3 rings (SSSR count). The zero-order valence-electron chi connectivity index (χ0n) is 15.3. The highest BCUT2D eigenvalue weighted by atomic mass is 35.5. The fourth-order valence-electron chi connectivity index (χ4n) is 2.69. The van der Waals surface area contributed by atoms with Crippen LogP contribution in [0, 0.1) is 13.8 Å². The second-order valence-electron chi connectivity index (χ2n) is 6.13. The summed E-state index contributed by atoms with van der Waals surface area (Å²) in [5.74, 6) is 1.28. The van der Waals surface area contributed by atoms with E-state index in [1.165, 1.54) is 11.3 Å². The Kier molecular flexibility index (Phi) is 6.04. The summed E-state index contributed by atoms with van der Waals surface area (Å²) in [6.07, 6.45) is 0. The fourth-order valence-corrected chi connectivity index (χ4v) is 3.74. The van der Waals surface area contributed by atoms with E-state index >= 15 is 0 Å². The normalized spacial score (nSPS) is 10.5. The molecule has 0 spiro atoms. The number of carbonyl (C=O) groups excluding carboxylic acids is 1. The van der Waals surface area contributed by atoms with Gasteiger partial charge in [0.1, 0.15) is 18.1 Å². The molecule has 0 saturated heterocycles. The lowest BCUT2D eigenvalue weighted by atomic mass is 10.1. The SMILES string of the molecule is COc1ccc(NC(=O)c2cc(COc3c(C)cccc3C)cs2)cc1Cl. The highest BCUT2D eigenvalue weighted by Crippen LogP contribution is 2.28. The van der Waals surface area contributed by atoms with Gasteiger partial charge in [0, 0.05) is 11.3 Å². The van der Waals surface area contributed by atoms with Crippen molar-refractivity contribution in [3.8, 4) is 11.5 Å². The molecule has 0 saturated carbocycles. The maximum atomic E-state index is 12.5. The number of benzene rings is 2. The molecule has 2 aromatic carbocycles. The zero-order chi connectivity index (χ0) is 19.4. The molecule has 140 valence electrons. The summed E-state index contributed by atoms with van der Waals surface area (Å²) < 4.78 is 11.1. The molecule has 4 nitrogen and oxygen atoms in total. The first kappa shape index (κ1) is 19.3. The number of hydrogen-bond acceptors (Lipinski definition) is 4. The van der Waals surface area contributed by atoms with Crippen LogP contribution in [0.4, 0.5) is 5.69 Å². The van der Waals surface area contributed by atoms with Gasteiger partial charge in [-0.2, -0.15) is 0 Å². The van der Waals surface area contributed by atoms with Crippen LogP contribution in [-0.2, 0) is 6.61 Å². The van der Waals surface area contributed by atoms with Crippen molar-refractivity contribution in [2.24, 2.45) is 0 Å². The number of carbonyl (C=O) groups is 1. The lowest BCUT2D eigenvalue weighted by Crippen LogP contribution is -2.10. The van der Waals surface area contributed by atoms with Crippen LogP contribution in [0.15, 0.2) is 47.8 Å². The number of aryl methyl sites for hydroxylation is 2. The first-order valence-electron chi connectivity index (χ1n) is 8.39. The Bertz CT molecular complexity index is 948. The molecule has 27 heavy (non-hydrogen) atoms. The van der Waals surface area contributed by atoms with Gasteiger partial charge in [-0.05, 0) is 54.6 Å². The van der Waals surface area contributed by atoms with Gasteiger partial charge in [-0.25, -0.2) is 0 Å². The number of rotatable bonds is 6. The summed E-state index contributed by atoms with van der Waals surface area (Å²) in [6.45, 7) is 4.47. The van der Waals surface area contributed by atoms with Crippen LogP contribution in [0.1, 0.15) is 26.4 Å². The maximum Gasteiger partial charge on any atom is 0.265 e. The summed E-state index contributed by atoms with van der Waals surface area (Å²) in [6, 6.07) is 13.0. The summed E-state index contributed by atoms with van der Waals surface area (Å²) >= 11 is 7.48. The molecule has 0 aliphatic carbocycles. The molecule has 0 aliphatic heterocycles. The third-order valence-electron chi connectivity index (χ3n) is 4.08. The molecule has 0 aliphatic rings. The van der Waals surface area contributed by atoms with Crippen molar-refractivity contribution < 1.29 is 14.3 Å². The smallest absolute Gasteiger partial charge is 0.265 e. The molecule has 3 aromatic rings. The Morgan fingerprint density at radius 2 is 1.89 bits per heavy atom. The third-order valence-corrected chi connectivity index (χ3v) is 5.35. The van der Waals surface area contributed by atoms with Crippen LogP contribution in [0.25, 0.3) is 0 Å². The van der Waals surface area contributed by atoms with E-state index in [0.29, 0.717) is 27.9 Å². The van der Waals surface area contributed by atoms with Gasteiger partial charge in [-0.1, -0.05) is 29.8 Å². The number of para-hydroxylation sites is 1. The Balaban J connectivity index is 1.64. The van der Waals surface area contributed by atoms with Gasteiger partial charge in [0.05, 0.1) is 17.0 Å². The number of ether oxygens (including phenoxy) is 2. The van der Waals surface area contributed by atoms with Crippen molar-refractivity contribution in [3.05, 3.63) is 74.4 Å². The van der Waals surface area contributed by atoms with E-state index in [9.17, 15) is 4.79 Å². The second kappa shape index (κ2) is 8.46. The van der Waals surface area contributed by atoms with E-state index < -0.39 is 0 Å². The van der Waals surface area contributed by atoms with Gasteiger partial charge < -0.3 is 14.8 Å². The predicted molar refractivity (Wildman–Crippen MR) is 111 cm³/mol. The van der Waals surface area contributed by atoms with Crippen molar-refractivity contribution in [1.29, 1.82) is 0 Å². The molecule has 1 aromatic heterocycles. The van der Waals surface area contributed by atoms with Gasteiger partial charge in [-0.15, -0.1) is 11.3 Å². The highest BCUT2D eigenvalue weighted by molar-refractivity contribution is 7.12. The van der Waals surface area contributed by atoms with Crippen LogP contribution in [0.5, 0.6) is 11.5 Å². The van der Waals surface area contributed by atoms with Crippen LogP contribution in [0.3, 0.4) is 0 Å². The van der Waals surface area contributed by atoms with E-state index in [1.54, 1.807) is 25.3 Å². The first-order chi connectivity index (χ1) is 13.0. The van der Waals surface area contributed by atoms with E-state index in [2.05, 4.69) is 5.32 Å². The minimum absolute atomic E-state index is 0.181. The first-order valence-corrected chi connectivity index (χ1v) is 9.65. The summed E-state index contributed by atoms with van der Waals surface area (Å²) in [7, 11) is 1.55. The fraction of sp³-hybridized carbons (Fsp3) is 0.190. The van der Waals surface area contributed by atoms with E-state index in [4.69, 9.17) is 21.1 Å². The van der Waals surface area contributed by atoms with Crippen molar-refractivity contribution in [2.45, 2.75) is 20.5 Å². The van der Waals surface area contributed by atoms with E-state index in [0.717, 1.165) is 22.4 Å². The average Bonchev–Trinajstić information content (AvgIpc) is 3.11. The molecule has 0 fully saturated rings. The molecule has 0 unspecified atom stereocenters. The molecule has 6 heteroatoms. The third kappa shape index (κ3) is 4.62. The lowest BCUT2D eigenvalue weighted by Gasteiger charge is -2.11. The van der Waals surface area contributed by atoms with Crippen molar-refractivity contribution in [2.75, 3.05) is 12.4 Å². The molecule has 0 radical (unpaired) electrons. The maximum absolute atomic E-state index is 12.5. The number of halogens is 1. The van der Waals surface area contributed by atoms with Gasteiger partial charge in [-0.3, -0.25) is 4.79 Å². The standard InChI is InChI=1S/C21H20ClNO3S/c1-13-5-4-6-14(2)20(13)26-11-15-9-19(27-12-15)21(24)23-16-7-8-18(25-3)17(22)10-16/h4-10,12H,11H2,1-3H3,(H,23,24). The number of anilines is 1. The van der Waals surface area contributed by atoms with Gasteiger partial charge in [0.25, 0.3) is 5.91 Å². The van der Waals surface area contributed by atoms with Gasteiger partial charge in [0.2, 0.25) is 0 Å². The number of methoxy groups -OCH3 is 1. The topological polar surface area (TPSA) is 47.6 Å². The second-order valence-corrected chi connectivity index (χ2v) is 7.45. The van der Waals surface area contributed by atoms with Crippen molar-refractivity contribution in [3.63, 3.8) is 0 Å². The number of hydrogen-bond donors (Lipinski definition) is 1. The van der Waals surface area contributed by atoms with Crippen molar-refractivity contribution in [1.82, 2.24) is 0 Å². The Labute approximate surface area is 167 Å². The van der Waals surface area contributed by atoms with Crippen LogP contribution < -0.4 is 14.8 Å². The molecular formula is C21H20ClNO3S. The van der Waals surface area contributed by atoms with Crippen molar-refractivity contribution >= 4 is 34.5 Å². The minimum atomic E-state index is -0.181. The molecular weight excluding hydrogens is 382 g/mol. The minimum Gasteiger partial charge on any atom is -0.495 e. The number of amides is 1. The van der Waals surface area contributed by atoms with E-state index in [-0.39, 0.29) is 5.91 Å². The quantitative estimate of drug-likeness (QED) is 0.562. The van der Waals surface area contributed by atoms with Gasteiger partial charge >= 0.3 is 0 Å². The number of nitrogens with one attached hydrogen (secondary N) is 1. The van der Waals surface area contributed by atoms with Crippen LogP contribution >= 0.6 is 22.9 Å². The Hall–Kier alpha value is -2.50. The average molecular weight is 402 g/mol. The van der Waals surface area contributed by atoms with Gasteiger partial charge in [0.15, 0.2) is 0 Å². The lowest BCUT2D eigenvalue weighted by molar-refractivity contribution is 0.103. The summed E-state index contributed by atoms with van der Waals surface area (Å²) in [5, 5.41) is 5.23. The van der Waals surface area contributed by atoms with E-state index in [1.807, 2.05) is 43.5 Å². The largest absolute Gasteiger partial charge is 0.495 e. The predicted octanol–water partition coefficient (Wildman–Crippen LogP) is 5.86. The molecule has 1 amide bonds. The molecule has 1 heterocycles. The molecule has 0 bridgehead atoms. The highest BCUT2D eigenvalue weighted by Gasteiger charge is 2.12. The molecule has 1 N–H and O–H groups in total.